The first-order valence-corrected chi connectivity index (χ1v) is 7.75. The smallest absolute Gasteiger partial charge is 0.257 e. The number of amides is 1. The van der Waals surface area contributed by atoms with Gasteiger partial charge in [-0.25, -0.2) is 4.98 Å². The predicted molar refractivity (Wildman–Crippen MR) is 96.6 cm³/mol. The number of hydrogen-bond acceptors (Lipinski definition) is 3. The monoisotopic (exact) mass is 411 g/mol. The van der Waals surface area contributed by atoms with Gasteiger partial charge < -0.3 is 5.32 Å². The Morgan fingerprint density at radius 3 is 2.57 bits per heavy atom. The number of nitrogens with one attached hydrogen (secondary N) is 2. The number of anilines is 1. The molecule has 1 aromatic carbocycles. The Balaban J connectivity index is 2.00. The zero-order chi connectivity index (χ0) is 15.4. The molecule has 21 heavy (non-hydrogen) atoms. The van der Waals surface area contributed by atoms with Gasteiger partial charge in [-0.1, -0.05) is 6.07 Å². The van der Waals surface area contributed by atoms with Gasteiger partial charge in [0.2, 0.25) is 0 Å². The molecule has 0 atom stereocenters. The van der Waals surface area contributed by atoms with E-state index in [4.69, 9.17) is 12.2 Å². The molecule has 6 heteroatoms. The van der Waals surface area contributed by atoms with Crippen LogP contribution in [0, 0.1) is 17.4 Å². The normalized spacial score (nSPS) is 10.0. The molecule has 0 saturated carbocycles. The number of pyridine rings is 1. The average molecular weight is 411 g/mol. The molecule has 2 rings (SSSR count). The summed E-state index contributed by atoms with van der Waals surface area (Å²) >= 11 is 7.29. The zero-order valence-corrected chi connectivity index (χ0v) is 14.6. The van der Waals surface area contributed by atoms with Crippen molar-refractivity contribution in [1.82, 2.24) is 10.3 Å². The fourth-order valence-electron chi connectivity index (χ4n) is 1.66. The van der Waals surface area contributed by atoms with Crippen molar-refractivity contribution in [3.63, 3.8) is 0 Å². The van der Waals surface area contributed by atoms with Crippen molar-refractivity contribution in [2.24, 2.45) is 0 Å². The van der Waals surface area contributed by atoms with Crippen molar-refractivity contribution in [2.75, 3.05) is 5.32 Å². The summed E-state index contributed by atoms with van der Waals surface area (Å²) in [4.78, 5) is 16.3. The van der Waals surface area contributed by atoms with Gasteiger partial charge in [0.1, 0.15) is 5.82 Å². The van der Waals surface area contributed by atoms with Crippen LogP contribution in [-0.2, 0) is 0 Å². The van der Waals surface area contributed by atoms with Crippen LogP contribution in [0.2, 0.25) is 0 Å². The molecule has 0 radical (unpaired) electrons. The van der Waals surface area contributed by atoms with E-state index in [-0.39, 0.29) is 11.0 Å². The Morgan fingerprint density at radius 1 is 1.19 bits per heavy atom. The number of nitrogens with zero attached hydrogens (tertiary/aromatic N) is 1. The Hall–Kier alpha value is -1.54. The van der Waals surface area contributed by atoms with E-state index in [0.717, 1.165) is 14.7 Å². The number of aromatic nitrogens is 1. The van der Waals surface area contributed by atoms with Crippen molar-refractivity contribution < 1.29 is 4.79 Å². The highest BCUT2D eigenvalue weighted by Gasteiger charge is 2.09. The van der Waals surface area contributed by atoms with Crippen LogP contribution in [0.15, 0.2) is 36.5 Å². The minimum Gasteiger partial charge on any atom is -0.317 e. The summed E-state index contributed by atoms with van der Waals surface area (Å²) in [7, 11) is 0. The van der Waals surface area contributed by atoms with Crippen LogP contribution in [0.1, 0.15) is 21.5 Å². The van der Waals surface area contributed by atoms with Gasteiger partial charge in [0.25, 0.3) is 5.91 Å². The average Bonchev–Trinajstić information content (AvgIpc) is 2.44. The second-order valence-corrected chi connectivity index (χ2v) is 6.22. The highest BCUT2D eigenvalue weighted by molar-refractivity contribution is 14.1. The van der Waals surface area contributed by atoms with E-state index in [1.807, 2.05) is 32.0 Å². The van der Waals surface area contributed by atoms with Crippen molar-refractivity contribution >= 4 is 51.6 Å². The number of halogens is 1. The third-order valence-corrected chi connectivity index (χ3v) is 3.81. The predicted octanol–water partition coefficient (Wildman–Crippen LogP) is 3.43. The molecule has 0 unspecified atom stereocenters. The first-order valence-electron chi connectivity index (χ1n) is 6.27. The number of benzene rings is 1. The molecule has 0 bridgehead atoms. The largest absolute Gasteiger partial charge is 0.317 e. The molecule has 4 nitrogen and oxygen atoms in total. The van der Waals surface area contributed by atoms with Gasteiger partial charge >= 0.3 is 0 Å². The van der Waals surface area contributed by atoms with Crippen LogP contribution in [0.3, 0.4) is 0 Å². The molecule has 1 amide bonds. The Labute approximate surface area is 142 Å². The number of carbonyl (C=O) groups is 1. The van der Waals surface area contributed by atoms with Gasteiger partial charge in [-0.2, -0.15) is 0 Å². The van der Waals surface area contributed by atoms with Crippen LogP contribution in [0.25, 0.3) is 0 Å². The van der Waals surface area contributed by atoms with E-state index in [9.17, 15) is 4.79 Å². The molecule has 0 aliphatic heterocycles. The quantitative estimate of drug-likeness (QED) is 0.588. The summed E-state index contributed by atoms with van der Waals surface area (Å²) in [6.07, 6.45) is 1.72. The second-order valence-electron chi connectivity index (χ2n) is 4.57. The van der Waals surface area contributed by atoms with Crippen LogP contribution in [0.5, 0.6) is 0 Å². The minimum absolute atomic E-state index is 0.229. The molecular formula is C15H14IN3OS. The van der Waals surface area contributed by atoms with Gasteiger partial charge in [0.15, 0.2) is 5.11 Å². The maximum atomic E-state index is 12.1. The highest BCUT2D eigenvalue weighted by atomic mass is 127. The lowest BCUT2D eigenvalue weighted by atomic mass is 10.1. The molecule has 0 aliphatic rings. The molecule has 1 aromatic heterocycles. The number of thiocarbonyl (C=S) groups is 1. The summed E-state index contributed by atoms with van der Waals surface area (Å²) in [6, 6.07) is 9.25. The van der Waals surface area contributed by atoms with Crippen LogP contribution in [0.4, 0.5) is 5.82 Å². The van der Waals surface area contributed by atoms with Crippen LogP contribution < -0.4 is 10.6 Å². The summed E-state index contributed by atoms with van der Waals surface area (Å²) in [6.45, 7) is 3.98. The van der Waals surface area contributed by atoms with Gasteiger partial charge in [-0.05, 0) is 84.0 Å². The van der Waals surface area contributed by atoms with E-state index in [1.165, 1.54) is 0 Å². The Bertz CT molecular complexity index is 686. The Kier molecular flexibility index (Phi) is 5.24. The molecule has 0 saturated heterocycles. The Morgan fingerprint density at radius 2 is 1.95 bits per heavy atom. The maximum Gasteiger partial charge on any atom is 0.257 e. The number of carbonyl (C=O) groups excluding carboxylic acids is 1. The third kappa shape index (κ3) is 4.47. The van der Waals surface area contributed by atoms with Crippen molar-refractivity contribution in [2.45, 2.75) is 13.8 Å². The molecule has 108 valence electrons. The van der Waals surface area contributed by atoms with Crippen LogP contribution >= 0.6 is 34.8 Å². The first-order chi connectivity index (χ1) is 9.95. The highest BCUT2D eigenvalue weighted by Crippen LogP contribution is 2.10. The third-order valence-electron chi connectivity index (χ3n) is 2.97. The van der Waals surface area contributed by atoms with E-state index in [0.29, 0.717) is 11.4 Å². The van der Waals surface area contributed by atoms with Crippen molar-refractivity contribution in [3.05, 3.63) is 56.8 Å². The lowest BCUT2D eigenvalue weighted by Crippen LogP contribution is -2.34. The number of hydrogen-bond donors (Lipinski definition) is 2. The van der Waals surface area contributed by atoms with E-state index in [2.05, 4.69) is 38.2 Å². The number of aryl methyl sites for hydroxylation is 2. The lowest BCUT2D eigenvalue weighted by molar-refractivity contribution is 0.0977. The van der Waals surface area contributed by atoms with Gasteiger partial charge in [-0.3, -0.25) is 10.1 Å². The van der Waals surface area contributed by atoms with E-state index in [1.54, 1.807) is 18.3 Å². The number of rotatable bonds is 2. The molecule has 2 aromatic rings. The summed E-state index contributed by atoms with van der Waals surface area (Å²) in [5.74, 6) is 0.363. The molecule has 1 heterocycles. The fraction of sp³-hybridized carbons (Fsp3) is 0.133. The van der Waals surface area contributed by atoms with E-state index < -0.39 is 0 Å². The van der Waals surface area contributed by atoms with Crippen molar-refractivity contribution in [1.29, 1.82) is 0 Å². The van der Waals surface area contributed by atoms with Crippen molar-refractivity contribution in [3.8, 4) is 0 Å². The minimum atomic E-state index is -0.235. The molecular weight excluding hydrogens is 397 g/mol. The molecule has 0 fully saturated rings. The van der Waals surface area contributed by atoms with Crippen LogP contribution in [-0.4, -0.2) is 16.0 Å². The molecule has 0 spiro atoms. The first kappa shape index (κ1) is 15.8. The fourth-order valence-corrected chi connectivity index (χ4v) is 2.17. The summed E-state index contributed by atoms with van der Waals surface area (Å²) in [5, 5.41) is 5.75. The SMILES string of the molecule is Cc1ccc(C(=O)NC(=S)Nc2ccc(I)cn2)cc1C. The molecule has 0 aliphatic carbocycles. The molecule has 2 N–H and O–H groups in total. The lowest BCUT2D eigenvalue weighted by Gasteiger charge is -2.10. The standard InChI is InChI=1S/C15H14IN3OS/c1-9-3-4-11(7-10(9)2)14(20)19-15(21)18-13-6-5-12(16)8-17-13/h3-8H,1-2H3,(H2,17,18,19,20,21). The topological polar surface area (TPSA) is 54.0 Å². The zero-order valence-electron chi connectivity index (χ0n) is 11.6. The van der Waals surface area contributed by atoms with Gasteiger partial charge in [-0.15, -0.1) is 0 Å². The van der Waals surface area contributed by atoms with Gasteiger partial charge in [0.05, 0.1) is 0 Å². The van der Waals surface area contributed by atoms with E-state index >= 15 is 0 Å². The second kappa shape index (κ2) is 6.95. The van der Waals surface area contributed by atoms with Gasteiger partial charge in [0, 0.05) is 15.3 Å². The summed E-state index contributed by atoms with van der Waals surface area (Å²) in [5.41, 5.74) is 2.80. The summed E-state index contributed by atoms with van der Waals surface area (Å²) < 4.78 is 1.03. The maximum absolute atomic E-state index is 12.1.